The SMILES string of the molecule is CC(C)Cc1ccc(-c2c3ccc(=[N+](C)C)cc-3oc3cc(N(C)C)ccc23)cc1. The van der Waals surface area contributed by atoms with Crippen LogP contribution in [0.3, 0.4) is 0 Å². The Labute approximate surface area is 179 Å². The van der Waals surface area contributed by atoms with Gasteiger partial charge in [0.25, 0.3) is 0 Å². The molecule has 0 saturated carbocycles. The zero-order chi connectivity index (χ0) is 21.4. The number of hydrogen-bond donors (Lipinski definition) is 0. The molecule has 154 valence electrons. The minimum atomic E-state index is 0.655. The topological polar surface area (TPSA) is 19.4 Å². The van der Waals surface area contributed by atoms with Crippen LogP contribution in [0.4, 0.5) is 5.69 Å². The molecule has 0 unspecified atom stereocenters. The predicted octanol–water partition coefficient (Wildman–Crippen LogP) is 5.50. The van der Waals surface area contributed by atoms with Gasteiger partial charge in [0.1, 0.15) is 25.4 Å². The summed E-state index contributed by atoms with van der Waals surface area (Å²) in [5, 5.41) is 2.27. The van der Waals surface area contributed by atoms with Gasteiger partial charge in [-0.15, -0.1) is 0 Å². The van der Waals surface area contributed by atoms with Crippen molar-refractivity contribution >= 4 is 16.7 Å². The monoisotopic (exact) mass is 399 g/mol. The fraction of sp³-hybridized carbons (Fsp3) is 0.296. The fourth-order valence-electron chi connectivity index (χ4n) is 4.01. The summed E-state index contributed by atoms with van der Waals surface area (Å²) in [6, 6.07) is 22.0. The van der Waals surface area contributed by atoms with Gasteiger partial charge in [0, 0.05) is 48.4 Å². The molecule has 1 aliphatic heterocycles. The van der Waals surface area contributed by atoms with Gasteiger partial charge in [-0.3, -0.25) is 0 Å². The molecular weight excluding hydrogens is 368 g/mol. The van der Waals surface area contributed by atoms with E-state index >= 15 is 0 Å². The van der Waals surface area contributed by atoms with Gasteiger partial charge < -0.3 is 9.32 Å². The summed E-state index contributed by atoms with van der Waals surface area (Å²) in [5.41, 5.74) is 7.02. The van der Waals surface area contributed by atoms with Crippen molar-refractivity contribution in [1.29, 1.82) is 0 Å². The van der Waals surface area contributed by atoms with E-state index in [1.54, 1.807) is 0 Å². The van der Waals surface area contributed by atoms with Gasteiger partial charge in [-0.2, -0.15) is 0 Å². The second-order valence-corrected chi connectivity index (χ2v) is 8.92. The van der Waals surface area contributed by atoms with E-state index < -0.39 is 0 Å². The van der Waals surface area contributed by atoms with E-state index in [4.69, 9.17) is 4.42 Å². The molecule has 3 heteroatoms. The highest BCUT2D eigenvalue weighted by Gasteiger charge is 2.18. The van der Waals surface area contributed by atoms with Crippen LogP contribution in [-0.2, 0) is 6.42 Å². The van der Waals surface area contributed by atoms with Crippen LogP contribution in [0.5, 0.6) is 0 Å². The number of rotatable bonds is 4. The quantitative estimate of drug-likeness (QED) is 0.333. The maximum absolute atomic E-state index is 6.41. The van der Waals surface area contributed by atoms with Crippen molar-refractivity contribution < 1.29 is 4.42 Å². The minimum absolute atomic E-state index is 0.655. The number of nitrogens with zero attached hydrogens (tertiary/aromatic N) is 2. The van der Waals surface area contributed by atoms with E-state index in [9.17, 15) is 0 Å². The van der Waals surface area contributed by atoms with E-state index in [0.29, 0.717) is 5.92 Å². The second-order valence-electron chi connectivity index (χ2n) is 8.92. The molecule has 0 spiro atoms. The molecule has 0 aromatic heterocycles. The summed E-state index contributed by atoms with van der Waals surface area (Å²) in [6.45, 7) is 4.52. The molecule has 0 atom stereocenters. The molecule has 1 heterocycles. The molecule has 0 radical (unpaired) electrons. The lowest BCUT2D eigenvalue weighted by atomic mass is 9.92. The average molecular weight is 400 g/mol. The zero-order valence-corrected chi connectivity index (χ0v) is 18.9. The van der Waals surface area contributed by atoms with Crippen LogP contribution in [0.25, 0.3) is 33.4 Å². The lowest BCUT2D eigenvalue weighted by Crippen LogP contribution is -2.21. The van der Waals surface area contributed by atoms with Crippen molar-refractivity contribution in [2.24, 2.45) is 5.92 Å². The van der Waals surface area contributed by atoms with Crippen molar-refractivity contribution in [3.8, 4) is 22.5 Å². The van der Waals surface area contributed by atoms with Crippen molar-refractivity contribution in [2.45, 2.75) is 20.3 Å². The van der Waals surface area contributed by atoms with Gasteiger partial charge in [0.15, 0.2) is 0 Å². The Morgan fingerprint density at radius 1 is 0.900 bits per heavy atom. The first-order valence-corrected chi connectivity index (χ1v) is 10.6. The predicted molar refractivity (Wildman–Crippen MR) is 128 cm³/mol. The van der Waals surface area contributed by atoms with Crippen LogP contribution in [0.2, 0.25) is 0 Å². The lowest BCUT2D eigenvalue weighted by Gasteiger charge is -2.18. The maximum atomic E-state index is 6.41. The molecule has 0 fully saturated rings. The standard InChI is InChI=1S/C27H31N2O/c1-18(2)15-19-7-9-20(10-8-19)27-23-13-11-21(28(3)4)16-25(23)30-26-17-22(29(5)6)12-14-24(26)27/h7-14,16-18H,15H2,1-6H3/q+1. The van der Waals surface area contributed by atoms with Gasteiger partial charge in [0.2, 0.25) is 5.36 Å². The molecule has 0 saturated heterocycles. The third kappa shape index (κ3) is 3.85. The fourth-order valence-corrected chi connectivity index (χ4v) is 4.01. The Hall–Kier alpha value is -3.07. The Bertz CT molecular complexity index is 1230. The summed E-state index contributed by atoms with van der Waals surface area (Å²) in [4.78, 5) is 2.11. The highest BCUT2D eigenvalue weighted by atomic mass is 16.3. The molecule has 30 heavy (non-hydrogen) atoms. The summed E-state index contributed by atoms with van der Waals surface area (Å²) in [6.07, 6.45) is 1.10. The summed E-state index contributed by atoms with van der Waals surface area (Å²) in [5.74, 6) is 1.56. The molecule has 0 bridgehead atoms. The Balaban J connectivity index is 2.01. The lowest BCUT2D eigenvalue weighted by molar-refractivity contribution is 0.617. The molecule has 0 N–H and O–H groups in total. The first-order valence-electron chi connectivity index (χ1n) is 10.6. The van der Waals surface area contributed by atoms with E-state index in [0.717, 1.165) is 39.8 Å². The normalized spacial score (nSPS) is 11.4. The van der Waals surface area contributed by atoms with Crippen LogP contribution >= 0.6 is 0 Å². The largest absolute Gasteiger partial charge is 0.456 e. The zero-order valence-electron chi connectivity index (χ0n) is 18.9. The number of fused-ring (bicyclic) bond motifs is 2. The maximum Gasteiger partial charge on any atom is 0.203 e. The van der Waals surface area contributed by atoms with Gasteiger partial charge in [0.05, 0.1) is 6.07 Å². The molecular formula is C27H31N2O+. The van der Waals surface area contributed by atoms with Crippen molar-refractivity contribution in [3.63, 3.8) is 0 Å². The third-order valence-corrected chi connectivity index (χ3v) is 5.61. The van der Waals surface area contributed by atoms with Crippen molar-refractivity contribution in [2.75, 3.05) is 33.1 Å². The Morgan fingerprint density at radius 3 is 2.27 bits per heavy atom. The number of benzene rings is 3. The summed E-state index contributed by atoms with van der Waals surface area (Å²) in [7, 11) is 8.23. The first-order chi connectivity index (χ1) is 14.3. The molecule has 0 amide bonds. The summed E-state index contributed by atoms with van der Waals surface area (Å²) >= 11 is 0. The number of hydrogen-bond acceptors (Lipinski definition) is 2. The van der Waals surface area contributed by atoms with Crippen molar-refractivity contribution in [3.05, 3.63) is 71.6 Å². The summed E-state index contributed by atoms with van der Waals surface area (Å²) < 4.78 is 8.52. The van der Waals surface area contributed by atoms with Crippen LogP contribution in [0.15, 0.2) is 65.1 Å². The molecule has 3 nitrogen and oxygen atoms in total. The van der Waals surface area contributed by atoms with Crippen molar-refractivity contribution in [1.82, 2.24) is 4.58 Å². The molecule has 4 rings (SSSR count). The van der Waals surface area contributed by atoms with E-state index in [1.165, 1.54) is 16.7 Å². The van der Waals surface area contributed by atoms with Gasteiger partial charge in [-0.05, 0) is 41.7 Å². The van der Waals surface area contributed by atoms with Crippen LogP contribution in [0.1, 0.15) is 19.4 Å². The first kappa shape index (κ1) is 20.2. The van der Waals surface area contributed by atoms with E-state index in [-0.39, 0.29) is 0 Å². The molecule has 2 aromatic carbocycles. The average Bonchev–Trinajstić information content (AvgIpc) is 2.71. The second kappa shape index (κ2) is 7.98. The molecule has 2 aromatic rings. The van der Waals surface area contributed by atoms with Crippen LogP contribution < -0.4 is 14.8 Å². The van der Waals surface area contributed by atoms with E-state index in [2.05, 4.69) is 112 Å². The van der Waals surface area contributed by atoms with Gasteiger partial charge in [-0.25, -0.2) is 4.58 Å². The third-order valence-electron chi connectivity index (χ3n) is 5.61. The highest BCUT2D eigenvalue weighted by Crippen LogP contribution is 2.40. The molecule has 1 aliphatic carbocycles. The van der Waals surface area contributed by atoms with Gasteiger partial charge >= 0.3 is 0 Å². The Morgan fingerprint density at radius 2 is 1.63 bits per heavy atom. The minimum Gasteiger partial charge on any atom is -0.456 e. The molecule has 2 aliphatic rings. The smallest absolute Gasteiger partial charge is 0.203 e. The Kier molecular flexibility index (Phi) is 5.38. The van der Waals surface area contributed by atoms with Crippen LogP contribution in [-0.4, -0.2) is 28.2 Å². The highest BCUT2D eigenvalue weighted by molar-refractivity contribution is 6.02. The van der Waals surface area contributed by atoms with Gasteiger partial charge in [-0.1, -0.05) is 38.1 Å². The number of anilines is 1. The van der Waals surface area contributed by atoms with E-state index in [1.807, 2.05) is 0 Å². The van der Waals surface area contributed by atoms with Crippen LogP contribution in [0, 0.1) is 5.92 Å².